The highest BCUT2D eigenvalue weighted by Gasteiger charge is 2.31. The molecule has 0 unspecified atom stereocenters. The molecule has 0 radical (unpaired) electrons. The summed E-state index contributed by atoms with van der Waals surface area (Å²) in [7, 11) is 1.66. The Morgan fingerprint density at radius 2 is 2.12 bits per heavy atom. The summed E-state index contributed by atoms with van der Waals surface area (Å²) in [6.45, 7) is 9.70. The number of anilines is 1. The molecule has 2 aliphatic heterocycles. The first-order valence-corrected chi connectivity index (χ1v) is 11.3. The summed E-state index contributed by atoms with van der Waals surface area (Å²) in [4.78, 5) is 38.1. The van der Waals surface area contributed by atoms with Crippen LogP contribution in [0.25, 0.3) is 0 Å². The number of carbonyl (C=O) groups is 2. The Kier molecular flexibility index (Phi) is 6.48. The van der Waals surface area contributed by atoms with Gasteiger partial charge in [0.15, 0.2) is 5.13 Å². The zero-order valence-electron chi connectivity index (χ0n) is 18.2. The third kappa shape index (κ3) is 4.35. The van der Waals surface area contributed by atoms with Crippen molar-refractivity contribution in [2.45, 2.75) is 13.5 Å². The number of carbonyl (C=O) groups excluding carboxylic acids is 2. The lowest BCUT2D eigenvalue weighted by Gasteiger charge is -2.31. The van der Waals surface area contributed by atoms with E-state index in [4.69, 9.17) is 0 Å². The molecule has 2 amide bonds. The van der Waals surface area contributed by atoms with Gasteiger partial charge < -0.3 is 15.5 Å². The largest absolute Gasteiger partial charge is 0.367 e. The molecule has 8 nitrogen and oxygen atoms in total. The van der Waals surface area contributed by atoms with Crippen LogP contribution in [-0.4, -0.2) is 61.1 Å². The number of amides is 2. The molecule has 1 aromatic carbocycles. The van der Waals surface area contributed by atoms with Crippen molar-refractivity contribution in [1.29, 1.82) is 0 Å². The lowest BCUT2D eigenvalue weighted by molar-refractivity contribution is 0.0959. The van der Waals surface area contributed by atoms with Crippen LogP contribution in [0, 0.1) is 6.92 Å². The number of thiazole rings is 1. The predicted octanol–water partition coefficient (Wildman–Crippen LogP) is 2.35. The molecule has 9 heteroatoms. The molecular formula is C23H26N6O2S. The third-order valence-electron chi connectivity index (χ3n) is 5.46. The molecule has 3 heterocycles. The molecule has 32 heavy (non-hydrogen) atoms. The summed E-state index contributed by atoms with van der Waals surface area (Å²) in [6, 6.07) is 5.86. The molecule has 0 bridgehead atoms. The topological polar surface area (TPSA) is 89.9 Å². The van der Waals surface area contributed by atoms with Crippen LogP contribution in [0.3, 0.4) is 0 Å². The number of aryl methyl sites for hydroxylation is 1. The second kappa shape index (κ2) is 9.46. The van der Waals surface area contributed by atoms with E-state index in [1.807, 2.05) is 25.1 Å². The second-order valence-electron chi connectivity index (χ2n) is 7.65. The van der Waals surface area contributed by atoms with Crippen molar-refractivity contribution < 1.29 is 9.59 Å². The fourth-order valence-electron chi connectivity index (χ4n) is 3.85. The van der Waals surface area contributed by atoms with E-state index in [-0.39, 0.29) is 17.5 Å². The van der Waals surface area contributed by atoms with Crippen LogP contribution < -0.4 is 15.5 Å². The zero-order chi connectivity index (χ0) is 22.7. The summed E-state index contributed by atoms with van der Waals surface area (Å²) in [5.74, 6) is -0.437. The van der Waals surface area contributed by atoms with Crippen LogP contribution in [0.15, 0.2) is 52.6 Å². The van der Waals surface area contributed by atoms with E-state index >= 15 is 0 Å². The maximum atomic E-state index is 13.0. The van der Waals surface area contributed by atoms with Gasteiger partial charge in [0.1, 0.15) is 5.69 Å². The van der Waals surface area contributed by atoms with Crippen molar-refractivity contribution in [3.63, 3.8) is 0 Å². The monoisotopic (exact) mass is 450 g/mol. The highest BCUT2D eigenvalue weighted by atomic mass is 32.1. The van der Waals surface area contributed by atoms with Gasteiger partial charge in [-0.1, -0.05) is 24.3 Å². The summed E-state index contributed by atoms with van der Waals surface area (Å²) >= 11 is 1.28. The van der Waals surface area contributed by atoms with Crippen LogP contribution in [0.1, 0.15) is 32.0 Å². The molecule has 2 aromatic rings. The number of piperazine rings is 1. The van der Waals surface area contributed by atoms with E-state index in [0.29, 0.717) is 22.9 Å². The Bertz CT molecular complexity index is 1110. The van der Waals surface area contributed by atoms with E-state index in [2.05, 4.69) is 32.1 Å². The maximum absolute atomic E-state index is 13.0. The molecular weight excluding hydrogens is 424 g/mol. The minimum absolute atomic E-state index is 0.0867. The van der Waals surface area contributed by atoms with Gasteiger partial charge in [-0.05, 0) is 24.6 Å². The fourth-order valence-corrected chi connectivity index (χ4v) is 4.66. The van der Waals surface area contributed by atoms with Gasteiger partial charge in [-0.2, -0.15) is 0 Å². The molecule has 1 saturated heterocycles. The van der Waals surface area contributed by atoms with E-state index in [0.717, 1.165) is 43.0 Å². The average Bonchev–Trinajstić information content (AvgIpc) is 3.40. The van der Waals surface area contributed by atoms with Gasteiger partial charge in [0.2, 0.25) is 0 Å². The van der Waals surface area contributed by atoms with Crippen LogP contribution in [0.5, 0.6) is 0 Å². The Morgan fingerprint density at radius 3 is 2.84 bits per heavy atom. The van der Waals surface area contributed by atoms with Crippen molar-refractivity contribution in [2.24, 2.45) is 4.99 Å². The second-order valence-corrected chi connectivity index (χ2v) is 8.49. The highest BCUT2D eigenvalue weighted by molar-refractivity contribution is 7.14. The SMILES string of the molecule is C=C/C(=C(\C=NC)NC(=O)c1csc(N2Cc3ccc(C)cc3C2=O)n1)N1CCNCC1. The third-order valence-corrected chi connectivity index (χ3v) is 6.32. The van der Waals surface area contributed by atoms with Gasteiger partial charge >= 0.3 is 0 Å². The first-order valence-electron chi connectivity index (χ1n) is 10.4. The smallest absolute Gasteiger partial charge is 0.275 e. The Hall–Kier alpha value is -3.30. The normalized spacial score (nSPS) is 16.9. The van der Waals surface area contributed by atoms with Crippen molar-refractivity contribution in [2.75, 3.05) is 38.1 Å². The molecule has 0 atom stereocenters. The van der Waals surface area contributed by atoms with Crippen molar-refractivity contribution in [1.82, 2.24) is 20.5 Å². The average molecular weight is 451 g/mol. The number of hydrogen-bond acceptors (Lipinski definition) is 7. The van der Waals surface area contributed by atoms with Gasteiger partial charge in [0.25, 0.3) is 11.8 Å². The molecule has 1 fully saturated rings. The summed E-state index contributed by atoms with van der Waals surface area (Å²) in [5.41, 5.74) is 4.36. The quantitative estimate of drug-likeness (QED) is 0.521. The van der Waals surface area contributed by atoms with Gasteiger partial charge in [0.05, 0.1) is 17.9 Å². The van der Waals surface area contributed by atoms with Gasteiger partial charge in [-0.25, -0.2) is 4.98 Å². The van der Waals surface area contributed by atoms with Gasteiger partial charge in [-0.3, -0.25) is 19.5 Å². The van der Waals surface area contributed by atoms with E-state index < -0.39 is 0 Å². The first-order chi connectivity index (χ1) is 15.5. The maximum Gasteiger partial charge on any atom is 0.275 e. The van der Waals surface area contributed by atoms with Crippen LogP contribution >= 0.6 is 11.3 Å². The molecule has 2 aliphatic rings. The number of rotatable bonds is 6. The highest BCUT2D eigenvalue weighted by Crippen LogP contribution is 2.31. The number of aliphatic imine (C=N–C) groups is 1. The number of fused-ring (bicyclic) bond motifs is 1. The Balaban J connectivity index is 1.54. The minimum atomic E-state index is -0.350. The number of benzene rings is 1. The molecule has 2 N–H and O–H groups in total. The molecule has 166 valence electrons. The number of hydrogen-bond donors (Lipinski definition) is 2. The molecule has 0 spiro atoms. The summed E-state index contributed by atoms with van der Waals surface area (Å²) in [5, 5.41) is 8.42. The van der Waals surface area contributed by atoms with Crippen molar-refractivity contribution in [3.8, 4) is 0 Å². The summed E-state index contributed by atoms with van der Waals surface area (Å²) in [6.07, 6.45) is 3.35. The fraction of sp³-hybridized carbons (Fsp3) is 0.304. The molecule has 0 aliphatic carbocycles. The standard InChI is InChI=1S/C23H26N6O2S/c1-4-20(28-9-7-25-8-10-28)18(12-24-3)26-21(30)19-14-32-23(27-19)29-13-16-6-5-15(2)11-17(16)22(29)31/h4-6,11-12,14,25H,1,7-10,13H2,2-3H3,(H,26,30)/b20-18-,24-12?. The van der Waals surface area contributed by atoms with Crippen molar-refractivity contribution in [3.05, 3.63) is 70.0 Å². The van der Waals surface area contributed by atoms with Crippen LogP contribution in [-0.2, 0) is 6.54 Å². The number of nitrogens with one attached hydrogen (secondary N) is 2. The number of nitrogens with zero attached hydrogens (tertiary/aromatic N) is 4. The molecule has 1 aromatic heterocycles. The Morgan fingerprint density at radius 1 is 1.34 bits per heavy atom. The predicted molar refractivity (Wildman–Crippen MR) is 127 cm³/mol. The number of aromatic nitrogens is 1. The van der Waals surface area contributed by atoms with Gasteiger partial charge in [0, 0.05) is 50.4 Å². The van der Waals surface area contributed by atoms with Crippen LogP contribution in [0.4, 0.5) is 5.13 Å². The zero-order valence-corrected chi connectivity index (χ0v) is 19.0. The molecule has 4 rings (SSSR count). The van der Waals surface area contributed by atoms with E-state index in [9.17, 15) is 9.59 Å². The number of allylic oxidation sites excluding steroid dienone is 2. The van der Waals surface area contributed by atoms with E-state index in [1.54, 1.807) is 29.6 Å². The van der Waals surface area contributed by atoms with E-state index in [1.165, 1.54) is 11.3 Å². The lowest BCUT2D eigenvalue weighted by atomic mass is 10.1. The first kappa shape index (κ1) is 21.9. The Labute approximate surface area is 191 Å². The van der Waals surface area contributed by atoms with Gasteiger partial charge in [-0.15, -0.1) is 11.3 Å². The van der Waals surface area contributed by atoms with Crippen LogP contribution in [0.2, 0.25) is 0 Å². The summed E-state index contributed by atoms with van der Waals surface area (Å²) < 4.78 is 0. The van der Waals surface area contributed by atoms with Crippen molar-refractivity contribution >= 4 is 34.5 Å². The molecule has 0 saturated carbocycles. The minimum Gasteiger partial charge on any atom is -0.367 e. The lowest BCUT2D eigenvalue weighted by Crippen LogP contribution is -2.43.